The zero-order valence-electron chi connectivity index (χ0n) is 12.3. The Morgan fingerprint density at radius 2 is 1.95 bits per heavy atom. The summed E-state index contributed by atoms with van der Waals surface area (Å²) in [5, 5.41) is 4.70. The SMILES string of the molecule is Cc1ccc(Cl)cc1S(=O)(=O)N1CCC(c2ccsc2)CC1. The van der Waals surface area contributed by atoms with Crippen LogP contribution in [0.2, 0.25) is 5.02 Å². The van der Waals surface area contributed by atoms with Gasteiger partial charge in [0.2, 0.25) is 10.0 Å². The molecule has 0 aliphatic carbocycles. The smallest absolute Gasteiger partial charge is 0.207 e. The highest BCUT2D eigenvalue weighted by molar-refractivity contribution is 7.89. The van der Waals surface area contributed by atoms with Crippen LogP contribution in [0.1, 0.15) is 29.9 Å². The van der Waals surface area contributed by atoms with E-state index >= 15 is 0 Å². The number of hydrogen-bond acceptors (Lipinski definition) is 3. The third kappa shape index (κ3) is 3.08. The first-order valence-electron chi connectivity index (χ1n) is 7.27. The second-order valence-electron chi connectivity index (χ2n) is 5.64. The lowest BCUT2D eigenvalue weighted by molar-refractivity contribution is 0.319. The van der Waals surface area contributed by atoms with Gasteiger partial charge in [-0.3, -0.25) is 0 Å². The van der Waals surface area contributed by atoms with Gasteiger partial charge in [0.05, 0.1) is 4.90 Å². The van der Waals surface area contributed by atoms with Gasteiger partial charge in [0, 0.05) is 18.1 Å². The fourth-order valence-corrected chi connectivity index (χ4v) is 5.63. The van der Waals surface area contributed by atoms with E-state index in [1.807, 2.05) is 0 Å². The van der Waals surface area contributed by atoms with Crippen LogP contribution in [0.4, 0.5) is 0 Å². The van der Waals surface area contributed by atoms with Crippen LogP contribution in [-0.2, 0) is 10.0 Å². The lowest BCUT2D eigenvalue weighted by atomic mass is 9.92. The molecule has 0 spiro atoms. The van der Waals surface area contributed by atoms with Crippen molar-refractivity contribution in [2.24, 2.45) is 0 Å². The van der Waals surface area contributed by atoms with Crippen LogP contribution >= 0.6 is 22.9 Å². The minimum absolute atomic E-state index is 0.328. The molecule has 0 radical (unpaired) electrons. The summed E-state index contributed by atoms with van der Waals surface area (Å²) in [5.41, 5.74) is 2.07. The monoisotopic (exact) mass is 355 g/mol. The van der Waals surface area contributed by atoms with Gasteiger partial charge < -0.3 is 0 Å². The van der Waals surface area contributed by atoms with Crippen molar-refractivity contribution in [3.05, 3.63) is 51.2 Å². The molecule has 1 aromatic heterocycles. The summed E-state index contributed by atoms with van der Waals surface area (Å²) in [4.78, 5) is 0.328. The zero-order chi connectivity index (χ0) is 15.7. The van der Waals surface area contributed by atoms with Crippen LogP contribution in [0.25, 0.3) is 0 Å². The number of benzene rings is 1. The highest BCUT2D eigenvalue weighted by Crippen LogP contribution is 2.32. The first-order chi connectivity index (χ1) is 10.5. The van der Waals surface area contributed by atoms with Gasteiger partial charge in [0.15, 0.2) is 0 Å². The number of aryl methyl sites for hydroxylation is 1. The van der Waals surface area contributed by atoms with Crippen molar-refractivity contribution in [3.8, 4) is 0 Å². The van der Waals surface area contributed by atoms with Crippen LogP contribution in [0.15, 0.2) is 39.9 Å². The van der Waals surface area contributed by atoms with E-state index in [9.17, 15) is 8.42 Å². The average Bonchev–Trinajstić information content (AvgIpc) is 3.04. The Hall–Kier alpha value is -0.880. The zero-order valence-corrected chi connectivity index (χ0v) is 14.7. The molecule has 2 aromatic rings. The van der Waals surface area contributed by atoms with E-state index in [0.29, 0.717) is 28.9 Å². The fraction of sp³-hybridized carbons (Fsp3) is 0.375. The number of halogens is 1. The van der Waals surface area contributed by atoms with Gasteiger partial charge in [0.25, 0.3) is 0 Å². The molecule has 118 valence electrons. The van der Waals surface area contributed by atoms with Crippen LogP contribution in [0, 0.1) is 6.92 Å². The van der Waals surface area contributed by atoms with E-state index in [4.69, 9.17) is 11.6 Å². The number of sulfonamides is 1. The highest BCUT2D eigenvalue weighted by Gasteiger charge is 2.31. The van der Waals surface area contributed by atoms with Crippen LogP contribution in [0.3, 0.4) is 0 Å². The Balaban J connectivity index is 1.79. The van der Waals surface area contributed by atoms with Crippen molar-refractivity contribution in [2.45, 2.75) is 30.6 Å². The number of hydrogen-bond donors (Lipinski definition) is 0. The van der Waals surface area contributed by atoms with Gasteiger partial charge in [-0.15, -0.1) is 0 Å². The standard InChI is InChI=1S/C16H18ClNO2S2/c1-12-2-3-15(17)10-16(12)22(19,20)18-7-4-13(5-8-18)14-6-9-21-11-14/h2-3,6,9-11,13H,4-5,7-8H2,1H3. The molecule has 1 aliphatic heterocycles. The van der Waals surface area contributed by atoms with Crippen molar-refractivity contribution < 1.29 is 8.42 Å². The molecule has 0 unspecified atom stereocenters. The Morgan fingerprint density at radius 3 is 2.59 bits per heavy atom. The summed E-state index contributed by atoms with van der Waals surface area (Å²) >= 11 is 7.66. The Morgan fingerprint density at radius 1 is 1.23 bits per heavy atom. The van der Waals surface area contributed by atoms with Crippen LogP contribution in [0.5, 0.6) is 0 Å². The molecular weight excluding hydrogens is 338 g/mol. The maximum Gasteiger partial charge on any atom is 0.243 e. The normalized spacial score (nSPS) is 17.7. The number of piperidine rings is 1. The van der Waals surface area contributed by atoms with Crippen LogP contribution < -0.4 is 0 Å². The second-order valence-corrected chi connectivity index (χ2v) is 8.77. The predicted octanol–water partition coefficient (Wildman–Crippen LogP) is 4.28. The molecule has 0 bridgehead atoms. The Kier molecular flexibility index (Phi) is 4.59. The van der Waals surface area contributed by atoms with Gasteiger partial charge in [-0.05, 0) is 65.8 Å². The van der Waals surface area contributed by atoms with E-state index in [-0.39, 0.29) is 0 Å². The van der Waals surface area contributed by atoms with E-state index < -0.39 is 10.0 Å². The predicted molar refractivity (Wildman–Crippen MR) is 91.2 cm³/mol. The molecular formula is C16H18ClNO2S2. The number of nitrogens with zero attached hydrogens (tertiary/aromatic N) is 1. The van der Waals surface area contributed by atoms with Crippen molar-refractivity contribution >= 4 is 33.0 Å². The Bertz CT molecular complexity index is 748. The summed E-state index contributed by atoms with van der Waals surface area (Å²) in [5.74, 6) is 0.471. The van der Waals surface area contributed by atoms with Crippen molar-refractivity contribution in [2.75, 3.05) is 13.1 Å². The van der Waals surface area contributed by atoms with Gasteiger partial charge >= 0.3 is 0 Å². The lowest BCUT2D eigenvalue weighted by Gasteiger charge is -2.31. The molecule has 0 saturated carbocycles. The molecule has 1 fully saturated rings. The molecule has 1 aromatic carbocycles. The summed E-state index contributed by atoms with van der Waals surface area (Å²) in [6.45, 7) is 2.94. The van der Waals surface area contributed by atoms with E-state index in [1.165, 1.54) is 5.56 Å². The summed E-state index contributed by atoms with van der Waals surface area (Å²) in [7, 11) is -3.46. The first kappa shape index (κ1) is 16.0. The molecule has 22 heavy (non-hydrogen) atoms. The summed E-state index contributed by atoms with van der Waals surface area (Å²) < 4.78 is 27.2. The van der Waals surface area contributed by atoms with E-state index in [2.05, 4.69) is 16.8 Å². The van der Waals surface area contributed by atoms with Crippen molar-refractivity contribution in [1.82, 2.24) is 4.31 Å². The highest BCUT2D eigenvalue weighted by atomic mass is 35.5. The third-order valence-corrected chi connectivity index (χ3v) is 7.21. The largest absolute Gasteiger partial charge is 0.243 e. The van der Waals surface area contributed by atoms with Crippen molar-refractivity contribution in [1.29, 1.82) is 0 Å². The Labute approximate surface area is 140 Å². The fourth-order valence-electron chi connectivity index (χ4n) is 2.93. The molecule has 0 atom stereocenters. The van der Waals surface area contributed by atoms with E-state index in [0.717, 1.165) is 18.4 Å². The second kappa shape index (κ2) is 6.32. The summed E-state index contributed by atoms with van der Waals surface area (Å²) in [6, 6.07) is 7.17. The minimum atomic E-state index is -3.46. The van der Waals surface area contributed by atoms with Crippen molar-refractivity contribution in [3.63, 3.8) is 0 Å². The summed E-state index contributed by atoms with van der Waals surface area (Å²) in [6.07, 6.45) is 1.74. The molecule has 3 nitrogen and oxygen atoms in total. The van der Waals surface area contributed by atoms with Gasteiger partial charge in [0.1, 0.15) is 0 Å². The number of rotatable bonds is 3. The van der Waals surface area contributed by atoms with E-state index in [1.54, 1.807) is 40.8 Å². The first-order valence-corrected chi connectivity index (χ1v) is 10.0. The maximum atomic E-state index is 12.8. The molecule has 0 N–H and O–H groups in total. The molecule has 1 aliphatic rings. The van der Waals surface area contributed by atoms with Gasteiger partial charge in [-0.25, -0.2) is 8.42 Å². The quantitative estimate of drug-likeness (QED) is 0.824. The third-order valence-electron chi connectivity index (χ3n) is 4.24. The maximum absolute atomic E-state index is 12.8. The molecule has 3 rings (SSSR count). The lowest BCUT2D eigenvalue weighted by Crippen LogP contribution is -2.38. The molecule has 6 heteroatoms. The van der Waals surface area contributed by atoms with Gasteiger partial charge in [-0.1, -0.05) is 17.7 Å². The topological polar surface area (TPSA) is 37.4 Å². The van der Waals surface area contributed by atoms with Gasteiger partial charge in [-0.2, -0.15) is 15.6 Å². The minimum Gasteiger partial charge on any atom is -0.207 e. The average molecular weight is 356 g/mol. The number of thiophene rings is 1. The van der Waals surface area contributed by atoms with Crippen LogP contribution in [-0.4, -0.2) is 25.8 Å². The molecule has 1 saturated heterocycles. The molecule has 0 amide bonds. The molecule has 2 heterocycles.